The normalized spacial score (nSPS) is 28.9. The number of carbonyl (C=O) groups is 1. The van der Waals surface area contributed by atoms with Crippen molar-refractivity contribution in [3.05, 3.63) is 42.0 Å². The molecular weight excluding hydrogens is 303 g/mol. The molecule has 124 valence electrons. The van der Waals surface area contributed by atoms with E-state index in [0.29, 0.717) is 5.92 Å². The molecule has 2 aliphatic rings. The summed E-state index contributed by atoms with van der Waals surface area (Å²) in [5, 5.41) is 2.68. The van der Waals surface area contributed by atoms with Crippen LogP contribution in [0.2, 0.25) is 0 Å². The number of halogens is 3. The van der Waals surface area contributed by atoms with Crippen LogP contribution in [0.1, 0.15) is 38.7 Å². The van der Waals surface area contributed by atoms with Crippen molar-refractivity contribution in [1.82, 2.24) is 0 Å². The maximum Gasteiger partial charge on any atom is 0.416 e. The second-order valence-corrected chi connectivity index (χ2v) is 7.25. The number of nitrogens with one attached hydrogen (secondary N) is 1. The Balaban J connectivity index is 1.85. The van der Waals surface area contributed by atoms with E-state index in [4.69, 9.17) is 0 Å². The molecule has 2 nitrogen and oxygen atoms in total. The van der Waals surface area contributed by atoms with Crippen molar-refractivity contribution in [2.45, 2.75) is 39.3 Å². The highest BCUT2D eigenvalue weighted by molar-refractivity contribution is 5.98. The van der Waals surface area contributed by atoms with E-state index in [9.17, 15) is 18.0 Å². The molecule has 2 aliphatic carbocycles. The number of fused-ring (bicyclic) bond motifs is 2. The third-order valence-electron chi connectivity index (χ3n) is 5.77. The Morgan fingerprint density at radius 1 is 1.35 bits per heavy atom. The molecule has 2 atom stereocenters. The number of rotatable bonds is 2. The SMILES string of the molecule is C=C1C(C)(C)[C@@H]2CC[C@@]1(C(=O)Nc1cccc(C(F)(F)F)c1)C2. The van der Waals surface area contributed by atoms with Gasteiger partial charge in [0.1, 0.15) is 0 Å². The van der Waals surface area contributed by atoms with Gasteiger partial charge >= 0.3 is 6.18 Å². The molecule has 0 radical (unpaired) electrons. The maximum atomic E-state index is 12.8. The van der Waals surface area contributed by atoms with Crippen LogP contribution in [0.4, 0.5) is 18.9 Å². The molecule has 0 unspecified atom stereocenters. The summed E-state index contributed by atoms with van der Waals surface area (Å²) in [6.45, 7) is 8.33. The zero-order valence-electron chi connectivity index (χ0n) is 13.3. The molecule has 0 heterocycles. The van der Waals surface area contributed by atoms with Gasteiger partial charge in [-0.15, -0.1) is 0 Å². The first-order chi connectivity index (χ1) is 10.6. The van der Waals surface area contributed by atoms with Gasteiger partial charge in [0.2, 0.25) is 5.91 Å². The molecule has 1 aromatic carbocycles. The van der Waals surface area contributed by atoms with E-state index in [1.165, 1.54) is 12.1 Å². The van der Waals surface area contributed by atoms with E-state index >= 15 is 0 Å². The Labute approximate surface area is 133 Å². The summed E-state index contributed by atoms with van der Waals surface area (Å²) in [7, 11) is 0. The molecule has 0 aromatic heterocycles. The Kier molecular flexibility index (Phi) is 3.40. The summed E-state index contributed by atoms with van der Waals surface area (Å²) in [5.41, 5.74) is -0.403. The van der Waals surface area contributed by atoms with Crippen LogP contribution in [-0.2, 0) is 11.0 Å². The zero-order chi connectivity index (χ0) is 17.0. The van der Waals surface area contributed by atoms with E-state index in [0.717, 1.165) is 37.0 Å². The van der Waals surface area contributed by atoms with Gasteiger partial charge < -0.3 is 5.32 Å². The van der Waals surface area contributed by atoms with Crippen LogP contribution in [-0.4, -0.2) is 5.91 Å². The van der Waals surface area contributed by atoms with Gasteiger partial charge in [-0.1, -0.05) is 32.1 Å². The molecule has 0 spiro atoms. The summed E-state index contributed by atoms with van der Waals surface area (Å²) in [6, 6.07) is 4.76. The van der Waals surface area contributed by atoms with Crippen LogP contribution in [0.15, 0.2) is 36.4 Å². The Morgan fingerprint density at radius 3 is 2.61 bits per heavy atom. The molecule has 2 bridgehead atoms. The predicted octanol–water partition coefficient (Wildman–Crippen LogP) is 5.03. The van der Waals surface area contributed by atoms with E-state index in [1.54, 1.807) is 0 Å². The highest BCUT2D eigenvalue weighted by Crippen LogP contribution is 2.65. The number of hydrogen-bond acceptors (Lipinski definition) is 1. The summed E-state index contributed by atoms with van der Waals surface area (Å²) in [6.07, 6.45) is -1.99. The van der Waals surface area contributed by atoms with Gasteiger partial charge in [-0.25, -0.2) is 0 Å². The van der Waals surface area contributed by atoms with Gasteiger partial charge in [0.05, 0.1) is 11.0 Å². The molecule has 1 N–H and O–H groups in total. The number of benzene rings is 1. The monoisotopic (exact) mass is 323 g/mol. The second kappa shape index (κ2) is 4.86. The Bertz CT molecular complexity index is 677. The van der Waals surface area contributed by atoms with Crippen molar-refractivity contribution in [2.24, 2.45) is 16.7 Å². The standard InChI is InChI=1S/C18H20F3NO/c1-11-16(2,3)13-7-8-17(11,10-13)15(23)22-14-6-4-5-12(9-14)18(19,20)21/h4-6,9,13H,1,7-8,10H2,2-3H3,(H,22,23)/t13-,17-/m1/s1. The number of amides is 1. The van der Waals surface area contributed by atoms with Crippen LogP contribution in [0, 0.1) is 16.7 Å². The third kappa shape index (κ3) is 2.37. The average molecular weight is 323 g/mol. The minimum atomic E-state index is -4.42. The highest BCUT2D eigenvalue weighted by atomic mass is 19.4. The fourth-order valence-corrected chi connectivity index (χ4v) is 4.17. The van der Waals surface area contributed by atoms with Gasteiger partial charge in [0.15, 0.2) is 0 Å². The Morgan fingerprint density at radius 2 is 2.04 bits per heavy atom. The topological polar surface area (TPSA) is 29.1 Å². The molecule has 0 saturated heterocycles. The van der Waals surface area contributed by atoms with E-state index in [-0.39, 0.29) is 17.0 Å². The number of carbonyl (C=O) groups excluding carboxylic acids is 1. The lowest BCUT2D eigenvalue weighted by atomic mass is 9.68. The van der Waals surface area contributed by atoms with E-state index < -0.39 is 17.2 Å². The van der Waals surface area contributed by atoms with E-state index in [1.807, 2.05) is 0 Å². The maximum absolute atomic E-state index is 12.8. The van der Waals surface area contributed by atoms with Crippen molar-refractivity contribution in [1.29, 1.82) is 0 Å². The summed E-state index contributed by atoms with van der Waals surface area (Å²) < 4.78 is 38.4. The van der Waals surface area contributed by atoms with Gasteiger partial charge in [0.25, 0.3) is 0 Å². The first kappa shape index (κ1) is 16.1. The molecule has 23 heavy (non-hydrogen) atoms. The number of anilines is 1. The van der Waals surface area contributed by atoms with Crippen molar-refractivity contribution in [3.8, 4) is 0 Å². The molecule has 2 fully saturated rings. The molecule has 2 saturated carbocycles. The largest absolute Gasteiger partial charge is 0.416 e. The molecular formula is C18H20F3NO. The van der Waals surface area contributed by atoms with E-state index in [2.05, 4.69) is 25.7 Å². The lowest BCUT2D eigenvalue weighted by Crippen LogP contribution is -2.37. The van der Waals surface area contributed by atoms with Crippen molar-refractivity contribution >= 4 is 11.6 Å². The van der Waals surface area contributed by atoms with Crippen LogP contribution in [0.25, 0.3) is 0 Å². The quantitative estimate of drug-likeness (QED) is 0.760. The third-order valence-corrected chi connectivity index (χ3v) is 5.77. The van der Waals surface area contributed by atoms with Gasteiger partial charge in [0, 0.05) is 5.69 Å². The predicted molar refractivity (Wildman–Crippen MR) is 82.8 cm³/mol. The first-order valence-corrected chi connectivity index (χ1v) is 7.76. The lowest BCUT2D eigenvalue weighted by molar-refractivity contribution is -0.137. The van der Waals surface area contributed by atoms with Crippen molar-refractivity contribution in [3.63, 3.8) is 0 Å². The van der Waals surface area contributed by atoms with Crippen molar-refractivity contribution in [2.75, 3.05) is 5.32 Å². The first-order valence-electron chi connectivity index (χ1n) is 7.76. The fraction of sp³-hybridized carbons (Fsp3) is 0.500. The minimum absolute atomic E-state index is 0.0938. The molecule has 5 heteroatoms. The number of alkyl halides is 3. The molecule has 0 aliphatic heterocycles. The lowest BCUT2D eigenvalue weighted by Gasteiger charge is -2.37. The summed E-state index contributed by atoms with van der Waals surface area (Å²) in [4.78, 5) is 12.8. The van der Waals surface area contributed by atoms with Crippen LogP contribution >= 0.6 is 0 Å². The zero-order valence-corrected chi connectivity index (χ0v) is 13.3. The van der Waals surface area contributed by atoms with Gasteiger partial charge in [-0.05, 0) is 48.8 Å². The minimum Gasteiger partial charge on any atom is -0.325 e. The second-order valence-electron chi connectivity index (χ2n) is 7.25. The smallest absolute Gasteiger partial charge is 0.325 e. The van der Waals surface area contributed by atoms with Crippen LogP contribution < -0.4 is 5.32 Å². The fourth-order valence-electron chi connectivity index (χ4n) is 4.17. The highest BCUT2D eigenvalue weighted by Gasteiger charge is 2.60. The van der Waals surface area contributed by atoms with Crippen LogP contribution in [0.3, 0.4) is 0 Å². The number of hydrogen-bond donors (Lipinski definition) is 1. The Hall–Kier alpha value is -1.78. The van der Waals surface area contributed by atoms with Crippen molar-refractivity contribution < 1.29 is 18.0 Å². The molecule has 1 aromatic rings. The summed E-state index contributed by atoms with van der Waals surface area (Å²) in [5.74, 6) is 0.192. The molecule has 1 amide bonds. The van der Waals surface area contributed by atoms with Crippen LogP contribution in [0.5, 0.6) is 0 Å². The summed E-state index contributed by atoms with van der Waals surface area (Å²) >= 11 is 0. The average Bonchev–Trinajstić information content (AvgIpc) is 2.99. The van der Waals surface area contributed by atoms with Gasteiger partial charge in [-0.3, -0.25) is 4.79 Å². The molecule has 3 rings (SSSR count). The van der Waals surface area contributed by atoms with Gasteiger partial charge in [-0.2, -0.15) is 13.2 Å².